The average Bonchev–Trinajstić information content (AvgIpc) is 2.42. The van der Waals surface area contributed by atoms with Gasteiger partial charge in [0.15, 0.2) is 12.1 Å². The number of nitrogen functional groups attached to an aromatic ring is 1. The van der Waals surface area contributed by atoms with Gasteiger partial charge in [-0.2, -0.15) is 0 Å². The third-order valence-corrected chi connectivity index (χ3v) is 2.04. The molecule has 4 nitrogen and oxygen atoms in total. The first-order valence-corrected chi connectivity index (χ1v) is 3.89. The van der Waals surface area contributed by atoms with Gasteiger partial charge < -0.3 is 10.3 Å². The Morgan fingerprint density at radius 1 is 1.54 bits per heavy atom. The number of nitrogens with zero attached hydrogens (tertiary/aromatic N) is 2. The van der Waals surface area contributed by atoms with Crippen LogP contribution in [0.5, 0.6) is 0 Å². The zero-order valence-corrected chi connectivity index (χ0v) is 7.19. The molecule has 1 aromatic heterocycles. The number of nitrogens with two attached hydrogens (primary N) is 1. The zero-order chi connectivity index (χ0) is 9.42. The lowest BCUT2D eigenvalue weighted by molar-refractivity contribution is 0.111. The molecule has 66 valence electrons. The summed E-state index contributed by atoms with van der Waals surface area (Å²) >= 11 is 0. The highest BCUT2D eigenvalue weighted by atomic mass is 16.1. The lowest BCUT2D eigenvalue weighted by Gasteiger charge is -1.95. The molecule has 13 heavy (non-hydrogen) atoms. The van der Waals surface area contributed by atoms with Crippen LogP contribution in [0.25, 0.3) is 11.0 Å². The van der Waals surface area contributed by atoms with Gasteiger partial charge in [-0.25, -0.2) is 4.98 Å². The number of hydrogen-bond donors (Lipinski definition) is 1. The Balaban J connectivity index is 2.83. The van der Waals surface area contributed by atoms with E-state index in [2.05, 4.69) is 4.98 Å². The SMILES string of the molecule is Cn1c(C=O)nc2cc(N)ccc21. The largest absolute Gasteiger partial charge is 0.399 e. The number of anilines is 1. The summed E-state index contributed by atoms with van der Waals surface area (Å²) in [4.78, 5) is 14.7. The van der Waals surface area contributed by atoms with Gasteiger partial charge in [-0.05, 0) is 18.2 Å². The molecule has 0 spiro atoms. The Kier molecular flexibility index (Phi) is 1.55. The quantitative estimate of drug-likeness (QED) is 0.519. The zero-order valence-electron chi connectivity index (χ0n) is 7.19. The van der Waals surface area contributed by atoms with Crippen molar-refractivity contribution in [1.29, 1.82) is 0 Å². The van der Waals surface area contributed by atoms with Gasteiger partial charge in [0, 0.05) is 12.7 Å². The minimum absolute atomic E-state index is 0.417. The predicted molar refractivity (Wildman–Crippen MR) is 50.5 cm³/mol. The molecular weight excluding hydrogens is 166 g/mol. The van der Waals surface area contributed by atoms with E-state index in [0.717, 1.165) is 17.3 Å². The normalized spacial score (nSPS) is 10.5. The average molecular weight is 175 g/mol. The van der Waals surface area contributed by atoms with Crippen molar-refractivity contribution in [3.63, 3.8) is 0 Å². The van der Waals surface area contributed by atoms with Gasteiger partial charge in [0.2, 0.25) is 0 Å². The van der Waals surface area contributed by atoms with Gasteiger partial charge in [-0.1, -0.05) is 0 Å². The summed E-state index contributed by atoms with van der Waals surface area (Å²) in [6.45, 7) is 0. The standard InChI is InChI=1S/C9H9N3O/c1-12-8-3-2-6(10)4-7(8)11-9(12)5-13/h2-5H,10H2,1H3. The van der Waals surface area contributed by atoms with E-state index in [-0.39, 0.29) is 0 Å². The molecular formula is C9H9N3O. The molecule has 2 rings (SSSR count). The van der Waals surface area contributed by atoms with Gasteiger partial charge in [0.25, 0.3) is 0 Å². The van der Waals surface area contributed by atoms with Crippen LogP contribution in [0.3, 0.4) is 0 Å². The molecule has 0 amide bonds. The van der Waals surface area contributed by atoms with Crippen molar-refractivity contribution in [2.75, 3.05) is 5.73 Å². The Bertz CT molecular complexity index is 473. The summed E-state index contributed by atoms with van der Waals surface area (Å²) < 4.78 is 1.74. The van der Waals surface area contributed by atoms with E-state index in [1.165, 1.54) is 0 Å². The van der Waals surface area contributed by atoms with E-state index in [4.69, 9.17) is 5.73 Å². The number of imidazole rings is 1. The molecule has 0 unspecified atom stereocenters. The Morgan fingerprint density at radius 2 is 2.31 bits per heavy atom. The minimum atomic E-state index is 0.417. The van der Waals surface area contributed by atoms with Crippen LogP contribution in [0.1, 0.15) is 10.6 Å². The third-order valence-electron chi connectivity index (χ3n) is 2.04. The molecule has 0 saturated heterocycles. The molecule has 0 aliphatic rings. The molecule has 0 aliphatic heterocycles. The van der Waals surface area contributed by atoms with Gasteiger partial charge in [-0.15, -0.1) is 0 Å². The number of fused-ring (bicyclic) bond motifs is 1. The van der Waals surface area contributed by atoms with Crippen molar-refractivity contribution < 1.29 is 4.79 Å². The topological polar surface area (TPSA) is 60.9 Å². The highest BCUT2D eigenvalue weighted by Gasteiger charge is 2.05. The van der Waals surface area contributed by atoms with Crippen molar-refractivity contribution in [2.45, 2.75) is 0 Å². The van der Waals surface area contributed by atoms with E-state index >= 15 is 0 Å². The lowest BCUT2D eigenvalue weighted by Crippen LogP contribution is -1.94. The Labute approximate surface area is 75.0 Å². The first-order chi connectivity index (χ1) is 6.22. The molecule has 0 radical (unpaired) electrons. The lowest BCUT2D eigenvalue weighted by atomic mass is 10.3. The summed E-state index contributed by atoms with van der Waals surface area (Å²) in [6.07, 6.45) is 0.732. The molecule has 0 aliphatic carbocycles. The monoisotopic (exact) mass is 175 g/mol. The molecule has 0 saturated carbocycles. The van der Waals surface area contributed by atoms with Gasteiger partial charge in [0.05, 0.1) is 11.0 Å². The van der Waals surface area contributed by atoms with Crippen LogP contribution in [0.4, 0.5) is 5.69 Å². The number of carbonyl (C=O) groups is 1. The second-order valence-electron chi connectivity index (χ2n) is 2.90. The number of rotatable bonds is 1. The summed E-state index contributed by atoms with van der Waals surface area (Å²) in [5.74, 6) is 0.417. The highest BCUT2D eigenvalue weighted by Crippen LogP contribution is 2.16. The van der Waals surface area contributed by atoms with Crippen LogP contribution >= 0.6 is 0 Å². The van der Waals surface area contributed by atoms with Gasteiger partial charge in [0.1, 0.15) is 0 Å². The maximum Gasteiger partial charge on any atom is 0.185 e. The summed E-state index contributed by atoms with van der Waals surface area (Å²) in [5, 5.41) is 0. The third kappa shape index (κ3) is 1.07. The molecule has 0 atom stereocenters. The molecule has 0 fully saturated rings. The van der Waals surface area contributed by atoms with E-state index < -0.39 is 0 Å². The number of benzene rings is 1. The summed E-state index contributed by atoms with van der Waals surface area (Å²) in [7, 11) is 1.80. The second kappa shape index (κ2) is 2.58. The maximum absolute atomic E-state index is 10.6. The second-order valence-corrected chi connectivity index (χ2v) is 2.90. The van der Waals surface area contributed by atoms with Crippen LogP contribution < -0.4 is 5.73 Å². The van der Waals surface area contributed by atoms with E-state index in [1.54, 1.807) is 23.7 Å². The van der Waals surface area contributed by atoms with Crippen LogP contribution in [0.2, 0.25) is 0 Å². The summed E-state index contributed by atoms with van der Waals surface area (Å²) in [5.41, 5.74) is 7.91. The van der Waals surface area contributed by atoms with Gasteiger partial charge >= 0.3 is 0 Å². The van der Waals surface area contributed by atoms with Crippen molar-refractivity contribution in [3.8, 4) is 0 Å². The van der Waals surface area contributed by atoms with Crippen molar-refractivity contribution in [2.24, 2.45) is 7.05 Å². The molecule has 4 heteroatoms. The van der Waals surface area contributed by atoms with Crippen LogP contribution in [0.15, 0.2) is 18.2 Å². The number of aromatic nitrogens is 2. The van der Waals surface area contributed by atoms with Gasteiger partial charge in [-0.3, -0.25) is 4.79 Å². The van der Waals surface area contributed by atoms with E-state index in [9.17, 15) is 4.79 Å². The Morgan fingerprint density at radius 3 is 3.00 bits per heavy atom. The Hall–Kier alpha value is -1.84. The fourth-order valence-corrected chi connectivity index (χ4v) is 1.34. The summed E-state index contributed by atoms with van der Waals surface area (Å²) in [6, 6.07) is 5.39. The first kappa shape index (κ1) is 7.79. The number of aryl methyl sites for hydroxylation is 1. The molecule has 2 aromatic rings. The molecule has 0 bridgehead atoms. The molecule has 1 aromatic carbocycles. The molecule has 1 heterocycles. The smallest absolute Gasteiger partial charge is 0.185 e. The first-order valence-electron chi connectivity index (χ1n) is 3.89. The van der Waals surface area contributed by atoms with Crippen molar-refractivity contribution in [3.05, 3.63) is 24.0 Å². The minimum Gasteiger partial charge on any atom is -0.399 e. The predicted octanol–water partition coefficient (Wildman–Crippen LogP) is 0.968. The number of hydrogen-bond acceptors (Lipinski definition) is 3. The van der Waals surface area contributed by atoms with E-state index in [0.29, 0.717) is 11.5 Å². The van der Waals surface area contributed by atoms with E-state index in [1.807, 2.05) is 6.07 Å². The van der Waals surface area contributed by atoms with Crippen molar-refractivity contribution in [1.82, 2.24) is 9.55 Å². The van der Waals surface area contributed by atoms with Crippen LogP contribution in [-0.2, 0) is 7.05 Å². The van der Waals surface area contributed by atoms with Crippen molar-refractivity contribution >= 4 is 23.0 Å². The van der Waals surface area contributed by atoms with Crippen LogP contribution in [-0.4, -0.2) is 15.8 Å². The fourth-order valence-electron chi connectivity index (χ4n) is 1.34. The van der Waals surface area contributed by atoms with Crippen LogP contribution in [0, 0.1) is 0 Å². The number of carbonyl (C=O) groups excluding carboxylic acids is 1. The molecule has 2 N–H and O–H groups in total. The number of aldehydes is 1. The maximum atomic E-state index is 10.6. The highest BCUT2D eigenvalue weighted by molar-refractivity contribution is 5.84. The fraction of sp³-hybridized carbons (Fsp3) is 0.111.